The number of aromatic nitrogens is 1. The maximum Gasteiger partial charge on any atom is 0.161 e. The lowest BCUT2D eigenvalue weighted by Crippen LogP contribution is -2.01. The van der Waals surface area contributed by atoms with E-state index in [0.717, 1.165) is 22.6 Å². The van der Waals surface area contributed by atoms with Crippen molar-refractivity contribution >= 4 is 0 Å². The zero-order valence-corrected chi connectivity index (χ0v) is 12.0. The van der Waals surface area contributed by atoms with Gasteiger partial charge in [0.15, 0.2) is 11.5 Å². The summed E-state index contributed by atoms with van der Waals surface area (Å²) in [5.74, 6) is 2.03. The highest BCUT2D eigenvalue weighted by Crippen LogP contribution is 2.29. The molecule has 0 saturated carbocycles. The first-order valence-electron chi connectivity index (χ1n) is 6.56. The molecule has 1 aromatic heterocycles. The van der Waals surface area contributed by atoms with E-state index in [1.54, 1.807) is 12.1 Å². The highest BCUT2D eigenvalue weighted by Gasteiger charge is 2.12. The molecule has 2 aromatic rings. The lowest BCUT2D eigenvalue weighted by atomic mass is 10.2. The summed E-state index contributed by atoms with van der Waals surface area (Å²) in [6, 6.07) is 5.39. The Morgan fingerprint density at radius 1 is 1.20 bits per heavy atom. The van der Waals surface area contributed by atoms with Crippen molar-refractivity contribution in [3.8, 4) is 11.5 Å². The zero-order chi connectivity index (χ0) is 14.5. The maximum atomic E-state index is 9.16. The van der Waals surface area contributed by atoms with E-state index < -0.39 is 0 Å². The van der Waals surface area contributed by atoms with Gasteiger partial charge in [-0.05, 0) is 38.5 Å². The summed E-state index contributed by atoms with van der Waals surface area (Å²) in [6.45, 7) is 6.54. The van der Waals surface area contributed by atoms with Gasteiger partial charge in [0.2, 0.25) is 0 Å². The number of ether oxygens (including phenoxy) is 2. The van der Waals surface area contributed by atoms with Gasteiger partial charge in [-0.15, -0.1) is 0 Å². The van der Waals surface area contributed by atoms with Gasteiger partial charge >= 0.3 is 0 Å². The van der Waals surface area contributed by atoms with Crippen molar-refractivity contribution in [2.75, 3.05) is 6.61 Å². The first-order chi connectivity index (χ1) is 9.65. The normalized spacial score (nSPS) is 10.6. The fourth-order valence-corrected chi connectivity index (χ4v) is 1.90. The van der Waals surface area contributed by atoms with Crippen molar-refractivity contribution in [2.24, 2.45) is 0 Å². The van der Waals surface area contributed by atoms with Gasteiger partial charge in [0.05, 0.1) is 24.5 Å². The molecule has 0 radical (unpaired) electrons. The quantitative estimate of drug-likeness (QED) is 0.879. The molecule has 0 fully saturated rings. The highest BCUT2D eigenvalue weighted by molar-refractivity contribution is 5.43. The Balaban J connectivity index is 2.16. The summed E-state index contributed by atoms with van der Waals surface area (Å²) < 4.78 is 16.4. The van der Waals surface area contributed by atoms with Crippen LogP contribution in [0.4, 0.5) is 0 Å². The van der Waals surface area contributed by atoms with Crippen LogP contribution in [0.5, 0.6) is 11.5 Å². The Morgan fingerprint density at radius 2 is 2.00 bits per heavy atom. The van der Waals surface area contributed by atoms with Gasteiger partial charge in [0.25, 0.3) is 0 Å². The second kappa shape index (κ2) is 6.43. The van der Waals surface area contributed by atoms with Crippen LogP contribution in [-0.4, -0.2) is 16.9 Å². The Hall–Kier alpha value is -2.01. The van der Waals surface area contributed by atoms with Gasteiger partial charge in [0, 0.05) is 0 Å². The number of hydrogen-bond donors (Lipinski definition) is 1. The molecule has 0 aliphatic heterocycles. The summed E-state index contributed by atoms with van der Waals surface area (Å²) in [6.07, 6.45) is 0. The number of rotatable bonds is 6. The number of aryl methyl sites for hydroxylation is 2. The molecule has 20 heavy (non-hydrogen) atoms. The van der Waals surface area contributed by atoms with Crippen molar-refractivity contribution in [2.45, 2.75) is 34.0 Å². The summed E-state index contributed by atoms with van der Waals surface area (Å²) in [7, 11) is 0. The van der Waals surface area contributed by atoms with Gasteiger partial charge < -0.3 is 19.1 Å². The van der Waals surface area contributed by atoms with Crippen LogP contribution in [0, 0.1) is 13.8 Å². The predicted molar refractivity (Wildman–Crippen MR) is 73.8 cm³/mol. The Bertz CT molecular complexity index is 558. The van der Waals surface area contributed by atoms with Crippen LogP contribution in [-0.2, 0) is 13.2 Å². The fourth-order valence-electron chi connectivity index (χ4n) is 1.90. The van der Waals surface area contributed by atoms with E-state index in [-0.39, 0.29) is 6.61 Å². The third kappa shape index (κ3) is 3.11. The molecular formula is C15H19NO4. The largest absolute Gasteiger partial charge is 0.490 e. The van der Waals surface area contributed by atoms with Crippen LogP contribution in [0.15, 0.2) is 22.7 Å². The highest BCUT2D eigenvalue weighted by atomic mass is 16.5. The van der Waals surface area contributed by atoms with E-state index in [1.165, 1.54) is 0 Å². The van der Waals surface area contributed by atoms with Crippen molar-refractivity contribution in [3.63, 3.8) is 0 Å². The van der Waals surface area contributed by atoms with Crippen molar-refractivity contribution in [3.05, 3.63) is 40.8 Å². The average Bonchev–Trinajstić information content (AvgIpc) is 2.77. The Morgan fingerprint density at radius 3 is 2.60 bits per heavy atom. The van der Waals surface area contributed by atoms with E-state index in [4.69, 9.17) is 19.1 Å². The molecule has 0 spiro atoms. The van der Waals surface area contributed by atoms with Gasteiger partial charge in [-0.1, -0.05) is 11.2 Å². The maximum absolute atomic E-state index is 9.16. The number of hydrogen-bond acceptors (Lipinski definition) is 5. The minimum Gasteiger partial charge on any atom is -0.490 e. The molecule has 0 unspecified atom stereocenters. The average molecular weight is 277 g/mol. The van der Waals surface area contributed by atoms with Crippen molar-refractivity contribution in [1.29, 1.82) is 0 Å². The summed E-state index contributed by atoms with van der Waals surface area (Å²) in [5, 5.41) is 13.1. The number of aliphatic hydroxyl groups is 1. The van der Waals surface area contributed by atoms with Crippen molar-refractivity contribution < 1.29 is 19.1 Å². The van der Waals surface area contributed by atoms with Crippen LogP contribution in [0.3, 0.4) is 0 Å². The summed E-state index contributed by atoms with van der Waals surface area (Å²) in [5.41, 5.74) is 2.56. The lowest BCUT2D eigenvalue weighted by molar-refractivity contribution is 0.262. The molecular weight excluding hydrogens is 258 g/mol. The van der Waals surface area contributed by atoms with E-state index in [2.05, 4.69) is 5.16 Å². The third-order valence-corrected chi connectivity index (χ3v) is 3.04. The smallest absolute Gasteiger partial charge is 0.161 e. The van der Waals surface area contributed by atoms with Crippen LogP contribution < -0.4 is 9.47 Å². The van der Waals surface area contributed by atoms with Gasteiger partial charge in [-0.3, -0.25) is 0 Å². The zero-order valence-electron chi connectivity index (χ0n) is 12.0. The molecule has 0 amide bonds. The molecule has 5 heteroatoms. The monoisotopic (exact) mass is 277 g/mol. The van der Waals surface area contributed by atoms with E-state index in [9.17, 15) is 0 Å². The second-order valence-electron chi connectivity index (χ2n) is 4.46. The molecule has 1 heterocycles. The number of benzene rings is 1. The van der Waals surface area contributed by atoms with E-state index in [0.29, 0.717) is 24.7 Å². The Kier molecular flexibility index (Phi) is 4.63. The van der Waals surface area contributed by atoms with Crippen molar-refractivity contribution in [1.82, 2.24) is 5.16 Å². The minimum atomic E-state index is -0.0236. The summed E-state index contributed by atoms with van der Waals surface area (Å²) >= 11 is 0. The van der Waals surface area contributed by atoms with Gasteiger partial charge in [-0.25, -0.2) is 0 Å². The molecule has 0 saturated heterocycles. The van der Waals surface area contributed by atoms with Crippen LogP contribution in [0.2, 0.25) is 0 Å². The molecule has 0 aliphatic carbocycles. The summed E-state index contributed by atoms with van der Waals surface area (Å²) in [4.78, 5) is 0. The fraction of sp³-hybridized carbons (Fsp3) is 0.400. The lowest BCUT2D eigenvalue weighted by Gasteiger charge is -2.12. The topological polar surface area (TPSA) is 64.7 Å². The first-order valence-corrected chi connectivity index (χ1v) is 6.56. The first kappa shape index (κ1) is 14.4. The molecule has 2 rings (SSSR count). The number of aliphatic hydroxyl groups excluding tert-OH is 1. The van der Waals surface area contributed by atoms with Crippen LogP contribution in [0.1, 0.15) is 29.5 Å². The van der Waals surface area contributed by atoms with Crippen LogP contribution >= 0.6 is 0 Å². The Labute approximate surface area is 118 Å². The molecule has 5 nitrogen and oxygen atoms in total. The molecule has 1 N–H and O–H groups in total. The van der Waals surface area contributed by atoms with E-state index >= 15 is 0 Å². The molecule has 0 bridgehead atoms. The standard InChI is InChI=1S/C15H19NO4/c1-4-18-15-7-12(8-17)5-6-14(15)19-9-13-10(2)16-20-11(13)3/h5-7,17H,4,8-9H2,1-3H3. The van der Waals surface area contributed by atoms with Gasteiger partial charge in [-0.2, -0.15) is 0 Å². The predicted octanol–water partition coefficient (Wildman–Crippen LogP) is 2.76. The van der Waals surface area contributed by atoms with E-state index in [1.807, 2.05) is 26.8 Å². The third-order valence-electron chi connectivity index (χ3n) is 3.04. The minimum absolute atomic E-state index is 0.0236. The number of nitrogens with zero attached hydrogens (tertiary/aromatic N) is 1. The second-order valence-corrected chi connectivity index (χ2v) is 4.46. The SMILES string of the molecule is CCOc1cc(CO)ccc1OCc1c(C)noc1C. The molecule has 1 aromatic carbocycles. The molecule has 0 atom stereocenters. The molecule has 0 aliphatic rings. The van der Waals surface area contributed by atoms with Crippen LogP contribution in [0.25, 0.3) is 0 Å². The molecule has 108 valence electrons. The van der Waals surface area contributed by atoms with Gasteiger partial charge in [0.1, 0.15) is 12.4 Å².